The first-order chi connectivity index (χ1) is 7.08. The van der Waals surface area contributed by atoms with Crippen molar-refractivity contribution in [2.24, 2.45) is 5.16 Å². The second-order valence-electron chi connectivity index (χ2n) is 2.60. The van der Waals surface area contributed by atoms with Crippen molar-refractivity contribution in [3.63, 3.8) is 0 Å². The highest BCUT2D eigenvalue weighted by Gasteiger charge is 2.02. The fraction of sp³-hybridized carbons (Fsp3) is 0.111. The van der Waals surface area contributed by atoms with E-state index in [2.05, 4.69) is 15.3 Å². The molecular formula is C9H8Cl2N2O2. The van der Waals surface area contributed by atoms with Crippen molar-refractivity contribution in [2.45, 2.75) is 6.92 Å². The van der Waals surface area contributed by atoms with Crippen LogP contribution in [-0.4, -0.2) is 11.3 Å². The van der Waals surface area contributed by atoms with Crippen LogP contribution < -0.4 is 5.32 Å². The van der Waals surface area contributed by atoms with Crippen molar-refractivity contribution < 1.29 is 9.63 Å². The summed E-state index contributed by atoms with van der Waals surface area (Å²) in [7, 11) is 0. The lowest BCUT2D eigenvalue weighted by atomic mass is 10.3. The van der Waals surface area contributed by atoms with E-state index in [4.69, 9.17) is 23.2 Å². The molecule has 0 fully saturated rings. The van der Waals surface area contributed by atoms with Gasteiger partial charge in [-0.05, 0) is 25.1 Å². The van der Waals surface area contributed by atoms with E-state index < -0.39 is 6.09 Å². The molecule has 0 aliphatic rings. The van der Waals surface area contributed by atoms with Gasteiger partial charge in [0, 0.05) is 10.7 Å². The highest BCUT2D eigenvalue weighted by atomic mass is 35.5. The molecule has 0 aliphatic carbocycles. The highest BCUT2D eigenvalue weighted by molar-refractivity contribution is 6.64. The Morgan fingerprint density at radius 2 is 2.27 bits per heavy atom. The van der Waals surface area contributed by atoms with Gasteiger partial charge >= 0.3 is 6.09 Å². The van der Waals surface area contributed by atoms with Crippen molar-refractivity contribution in [3.05, 3.63) is 29.3 Å². The molecule has 0 heterocycles. The number of amides is 1. The molecule has 1 aromatic rings. The van der Waals surface area contributed by atoms with Crippen molar-refractivity contribution in [1.29, 1.82) is 0 Å². The Morgan fingerprint density at radius 3 is 2.87 bits per heavy atom. The van der Waals surface area contributed by atoms with E-state index in [0.717, 1.165) is 0 Å². The predicted molar refractivity (Wildman–Crippen MR) is 60.5 cm³/mol. The molecule has 1 amide bonds. The Morgan fingerprint density at radius 1 is 1.53 bits per heavy atom. The van der Waals surface area contributed by atoms with Gasteiger partial charge in [-0.1, -0.05) is 34.4 Å². The summed E-state index contributed by atoms with van der Waals surface area (Å²) in [5.74, 6) is 0. The van der Waals surface area contributed by atoms with Crippen LogP contribution in [0.3, 0.4) is 0 Å². The molecule has 80 valence electrons. The number of nitrogens with one attached hydrogen (secondary N) is 1. The molecule has 0 atom stereocenters. The summed E-state index contributed by atoms with van der Waals surface area (Å²) >= 11 is 11.1. The Labute approximate surface area is 96.8 Å². The predicted octanol–water partition coefficient (Wildman–Crippen LogP) is 3.46. The van der Waals surface area contributed by atoms with Crippen molar-refractivity contribution in [2.75, 3.05) is 5.32 Å². The van der Waals surface area contributed by atoms with Gasteiger partial charge < -0.3 is 0 Å². The zero-order valence-corrected chi connectivity index (χ0v) is 9.34. The molecule has 0 aliphatic heterocycles. The molecule has 0 aromatic heterocycles. The van der Waals surface area contributed by atoms with Gasteiger partial charge in [-0.3, -0.25) is 10.2 Å². The van der Waals surface area contributed by atoms with E-state index in [0.29, 0.717) is 10.7 Å². The molecule has 1 rings (SSSR count). The first kappa shape index (κ1) is 11.8. The van der Waals surface area contributed by atoms with Crippen molar-refractivity contribution >= 4 is 40.2 Å². The van der Waals surface area contributed by atoms with Gasteiger partial charge in [-0.25, -0.2) is 4.79 Å². The number of oxime groups is 1. The van der Waals surface area contributed by atoms with Crippen LogP contribution in [0.2, 0.25) is 5.02 Å². The summed E-state index contributed by atoms with van der Waals surface area (Å²) in [5, 5.41) is 6.36. The molecule has 0 saturated heterocycles. The van der Waals surface area contributed by atoms with Gasteiger partial charge in [-0.15, -0.1) is 0 Å². The average Bonchev–Trinajstić information content (AvgIpc) is 2.15. The largest absolute Gasteiger partial charge is 0.437 e. The zero-order chi connectivity index (χ0) is 11.3. The maximum Gasteiger partial charge on any atom is 0.437 e. The SMILES string of the molecule is C/C(Cl)=N\OC(=O)Nc1cccc(Cl)c1. The van der Waals surface area contributed by atoms with Crippen LogP contribution in [0, 0.1) is 0 Å². The smallest absolute Gasteiger partial charge is 0.297 e. The number of hydrogen-bond donors (Lipinski definition) is 1. The van der Waals surface area contributed by atoms with Gasteiger partial charge in [0.05, 0.1) is 0 Å². The Kier molecular flexibility index (Phi) is 4.39. The first-order valence-electron chi connectivity index (χ1n) is 4.01. The average molecular weight is 247 g/mol. The maximum absolute atomic E-state index is 11.1. The van der Waals surface area contributed by atoms with Gasteiger partial charge in [-0.2, -0.15) is 0 Å². The third-order valence-electron chi connectivity index (χ3n) is 1.33. The normalized spacial score (nSPS) is 11.0. The van der Waals surface area contributed by atoms with Crippen LogP contribution in [0.4, 0.5) is 10.5 Å². The number of hydrogen-bond acceptors (Lipinski definition) is 3. The Hall–Kier alpha value is -1.26. The Balaban J connectivity index is 2.55. The molecule has 0 spiro atoms. The van der Waals surface area contributed by atoms with Crippen LogP contribution in [0.5, 0.6) is 0 Å². The molecule has 6 heteroatoms. The van der Waals surface area contributed by atoms with Crippen LogP contribution in [-0.2, 0) is 4.84 Å². The van der Waals surface area contributed by atoms with Crippen LogP contribution in [0.25, 0.3) is 0 Å². The first-order valence-corrected chi connectivity index (χ1v) is 4.77. The standard InChI is InChI=1S/C9H8Cl2N2O2/c1-6(10)13-15-9(14)12-8-4-2-3-7(11)5-8/h2-5H,1H3,(H,12,14)/b13-6+. The van der Waals surface area contributed by atoms with Crippen LogP contribution in [0.1, 0.15) is 6.92 Å². The zero-order valence-electron chi connectivity index (χ0n) is 7.83. The van der Waals surface area contributed by atoms with Gasteiger partial charge in [0.25, 0.3) is 0 Å². The molecule has 1 aromatic carbocycles. The maximum atomic E-state index is 11.1. The van der Waals surface area contributed by atoms with E-state index in [9.17, 15) is 4.79 Å². The molecule has 4 nitrogen and oxygen atoms in total. The minimum atomic E-state index is -0.725. The number of anilines is 1. The third-order valence-corrected chi connectivity index (χ3v) is 1.63. The number of carbonyl (C=O) groups excluding carboxylic acids is 1. The second kappa shape index (κ2) is 5.58. The molecule has 0 radical (unpaired) electrons. The topological polar surface area (TPSA) is 50.7 Å². The summed E-state index contributed by atoms with van der Waals surface area (Å²) in [5.41, 5.74) is 0.523. The monoisotopic (exact) mass is 246 g/mol. The van der Waals surface area contributed by atoms with Gasteiger partial charge in [0.1, 0.15) is 5.17 Å². The quantitative estimate of drug-likeness (QED) is 0.494. The summed E-state index contributed by atoms with van der Waals surface area (Å²) in [6.45, 7) is 1.49. The molecule has 0 saturated carbocycles. The van der Waals surface area contributed by atoms with E-state index in [1.807, 2.05) is 0 Å². The molecule has 15 heavy (non-hydrogen) atoms. The van der Waals surface area contributed by atoms with Gasteiger partial charge in [0.15, 0.2) is 0 Å². The fourth-order valence-corrected chi connectivity index (χ4v) is 1.04. The summed E-state index contributed by atoms with van der Waals surface area (Å²) in [4.78, 5) is 15.5. The Bertz CT molecular complexity index is 389. The highest BCUT2D eigenvalue weighted by Crippen LogP contribution is 2.14. The summed E-state index contributed by atoms with van der Waals surface area (Å²) in [6, 6.07) is 6.65. The van der Waals surface area contributed by atoms with Crippen LogP contribution in [0.15, 0.2) is 29.4 Å². The number of benzene rings is 1. The van der Waals surface area contributed by atoms with E-state index in [1.54, 1.807) is 24.3 Å². The lowest BCUT2D eigenvalue weighted by Crippen LogP contribution is -2.10. The lowest BCUT2D eigenvalue weighted by molar-refractivity contribution is 0.167. The number of halogens is 2. The minimum Gasteiger partial charge on any atom is -0.297 e. The molecule has 0 bridgehead atoms. The van der Waals surface area contributed by atoms with Crippen LogP contribution >= 0.6 is 23.2 Å². The third kappa shape index (κ3) is 4.67. The molecule has 1 N–H and O–H groups in total. The van der Waals surface area contributed by atoms with Crippen molar-refractivity contribution in [1.82, 2.24) is 0 Å². The molecular weight excluding hydrogens is 239 g/mol. The van der Waals surface area contributed by atoms with Gasteiger partial charge in [0.2, 0.25) is 0 Å². The van der Waals surface area contributed by atoms with Crippen molar-refractivity contribution in [3.8, 4) is 0 Å². The summed E-state index contributed by atoms with van der Waals surface area (Å²) in [6.07, 6.45) is -0.725. The van der Waals surface area contributed by atoms with E-state index in [-0.39, 0.29) is 5.17 Å². The van der Waals surface area contributed by atoms with E-state index in [1.165, 1.54) is 6.92 Å². The molecule has 0 unspecified atom stereocenters. The fourth-order valence-electron chi connectivity index (χ4n) is 0.811. The van der Waals surface area contributed by atoms with E-state index >= 15 is 0 Å². The second-order valence-corrected chi connectivity index (χ2v) is 3.59. The number of rotatable bonds is 2. The number of carbonyl (C=O) groups is 1. The lowest BCUT2D eigenvalue weighted by Gasteiger charge is -2.02. The minimum absolute atomic E-state index is 0.135. The summed E-state index contributed by atoms with van der Waals surface area (Å²) < 4.78 is 0. The number of nitrogens with zero attached hydrogens (tertiary/aromatic N) is 1.